The van der Waals surface area contributed by atoms with E-state index >= 15 is 0 Å². The lowest BCUT2D eigenvalue weighted by Crippen LogP contribution is -2.51. The van der Waals surface area contributed by atoms with E-state index in [9.17, 15) is 14.0 Å². The molecule has 0 bridgehead atoms. The van der Waals surface area contributed by atoms with Gasteiger partial charge in [0.1, 0.15) is 11.9 Å². The van der Waals surface area contributed by atoms with Crippen LogP contribution in [0.5, 0.6) is 0 Å². The molecule has 168 valence electrons. The molecule has 0 aliphatic carbocycles. The van der Waals surface area contributed by atoms with Crippen LogP contribution in [0.1, 0.15) is 44.7 Å². The molecule has 0 fully saturated rings. The molecule has 0 saturated carbocycles. The zero-order valence-electron chi connectivity index (χ0n) is 17.7. The highest BCUT2D eigenvalue weighted by atomic mass is 35.5. The second-order valence-electron chi connectivity index (χ2n) is 7.39. The number of rotatable bonds is 9. The maximum atomic E-state index is 14.3. The van der Waals surface area contributed by atoms with Crippen LogP contribution in [-0.4, -0.2) is 28.8 Å². The number of nitrogens with zero attached hydrogens (tertiary/aromatic N) is 1. The number of halogens is 4. The van der Waals surface area contributed by atoms with Crippen LogP contribution < -0.4 is 5.32 Å². The molecule has 0 aliphatic rings. The van der Waals surface area contributed by atoms with Gasteiger partial charge in [-0.25, -0.2) is 4.39 Å². The van der Waals surface area contributed by atoms with Gasteiger partial charge in [0.05, 0.1) is 16.5 Å². The molecule has 2 aromatic rings. The van der Waals surface area contributed by atoms with Crippen molar-refractivity contribution < 1.29 is 14.0 Å². The Balaban J connectivity index is 2.38. The average molecular weight is 488 g/mol. The molecule has 0 aliphatic heterocycles. The zero-order chi connectivity index (χ0) is 23.1. The van der Waals surface area contributed by atoms with E-state index in [4.69, 9.17) is 34.8 Å². The highest BCUT2D eigenvalue weighted by molar-refractivity contribution is 6.42. The van der Waals surface area contributed by atoms with Gasteiger partial charge in [-0.3, -0.25) is 9.59 Å². The van der Waals surface area contributed by atoms with Crippen molar-refractivity contribution in [3.05, 3.63) is 68.4 Å². The Morgan fingerprint density at radius 3 is 2.32 bits per heavy atom. The molecular weight excluding hydrogens is 462 g/mol. The first-order chi connectivity index (χ1) is 14.7. The fourth-order valence-electron chi connectivity index (χ4n) is 3.15. The first-order valence-corrected chi connectivity index (χ1v) is 11.3. The minimum atomic E-state index is -0.735. The molecular formula is C23H26Cl3FN2O2. The Morgan fingerprint density at radius 2 is 1.74 bits per heavy atom. The molecule has 0 aromatic heterocycles. The number of benzene rings is 2. The Labute approximate surface area is 197 Å². The lowest BCUT2D eigenvalue weighted by Gasteiger charge is -2.31. The average Bonchev–Trinajstić information content (AvgIpc) is 2.73. The molecule has 0 spiro atoms. The summed E-state index contributed by atoms with van der Waals surface area (Å²) in [5.41, 5.74) is 0.808. The van der Waals surface area contributed by atoms with Crippen LogP contribution in [-0.2, 0) is 22.6 Å². The van der Waals surface area contributed by atoms with E-state index in [-0.39, 0.29) is 35.5 Å². The molecule has 2 atom stereocenters. The van der Waals surface area contributed by atoms with Gasteiger partial charge in [-0.2, -0.15) is 0 Å². The van der Waals surface area contributed by atoms with Crippen LogP contribution in [0.3, 0.4) is 0 Å². The molecule has 2 rings (SSSR count). The molecule has 8 heteroatoms. The SMILES string of the molecule is CC[C@@H](C)NC(=O)[C@@H](CC)N(Cc1ccc(Cl)c(Cl)c1)C(=O)Cc1c(F)cccc1Cl. The van der Waals surface area contributed by atoms with Gasteiger partial charge in [0, 0.05) is 23.2 Å². The van der Waals surface area contributed by atoms with Crippen LogP contribution >= 0.6 is 34.8 Å². The molecule has 0 heterocycles. The number of hydrogen-bond donors (Lipinski definition) is 1. The van der Waals surface area contributed by atoms with Crippen molar-refractivity contribution in [1.29, 1.82) is 0 Å². The third-order valence-electron chi connectivity index (χ3n) is 5.11. The molecule has 0 unspecified atom stereocenters. The van der Waals surface area contributed by atoms with Gasteiger partial charge in [0.15, 0.2) is 0 Å². The quantitative estimate of drug-likeness (QED) is 0.468. The van der Waals surface area contributed by atoms with Gasteiger partial charge < -0.3 is 10.2 Å². The number of amides is 2. The van der Waals surface area contributed by atoms with E-state index in [1.807, 2.05) is 20.8 Å². The van der Waals surface area contributed by atoms with E-state index in [1.54, 1.807) is 18.2 Å². The highest BCUT2D eigenvalue weighted by Gasteiger charge is 2.30. The summed E-state index contributed by atoms with van der Waals surface area (Å²) in [5.74, 6) is -1.23. The standard InChI is InChI=1S/C23H26Cl3FN2O2/c1-4-14(3)28-23(31)21(5-2)29(13-15-9-10-18(25)19(26)11-15)22(30)12-16-17(24)7-6-8-20(16)27/h6-11,14,21H,4-5,12-13H2,1-3H3,(H,28,31)/t14-,21-/m1/s1. The van der Waals surface area contributed by atoms with Crippen LogP contribution in [0, 0.1) is 5.82 Å². The summed E-state index contributed by atoms with van der Waals surface area (Å²) in [7, 11) is 0. The predicted molar refractivity (Wildman–Crippen MR) is 124 cm³/mol. The van der Waals surface area contributed by atoms with E-state index in [2.05, 4.69) is 5.32 Å². The monoisotopic (exact) mass is 486 g/mol. The Bertz CT molecular complexity index is 919. The summed E-state index contributed by atoms with van der Waals surface area (Å²) in [6.45, 7) is 5.81. The fraction of sp³-hybridized carbons (Fsp3) is 0.391. The maximum absolute atomic E-state index is 14.3. The van der Waals surface area contributed by atoms with Crippen molar-refractivity contribution >= 4 is 46.6 Å². The van der Waals surface area contributed by atoms with Crippen LogP contribution in [0.2, 0.25) is 15.1 Å². The van der Waals surface area contributed by atoms with Crippen LogP contribution in [0.15, 0.2) is 36.4 Å². The zero-order valence-corrected chi connectivity index (χ0v) is 20.0. The van der Waals surface area contributed by atoms with E-state index < -0.39 is 17.8 Å². The number of carbonyl (C=O) groups is 2. The van der Waals surface area contributed by atoms with Crippen LogP contribution in [0.4, 0.5) is 4.39 Å². The van der Waals surface area contributed by atoms with Crippen molar-refractivity contribution in [2.45, 2.75) is 58.7 Å². The molecule has 1 N–H and O–H groups in total. The smallest absolute Gasteiger partial charge is 0.243 e. The van der Waals surface area contributed by atoms with Gasteiger partial charge in [0.2, 0.25) is 11.8 Å². The van der Waals surface area contributed by atoms with Gasteiger partial charge >= 0.3 is 0 Å². The number of nitrogens with one attached hydrogen (secondary N) is 1. The maximum Gasteiger partial charge on any atom is 0.243 e. The second kappa shape index (κ2) is 11.7. The predicted octanol–water partition coefficient (Wildman–Crippen LogP) is 6.05. The molecule has 0 saturated heterocycles. The third-order valence-corrected chi connectivity index (χ3v) is 6.21. The van der Waals surface area contributed by atoms with Gasteiger partial charge in [-0.1, -0.05) is 60.8 Å². The van der Waals surface area contributed by atoms with Crippen LogP contribution in [0.25, 0.3) is 0 Å². The summed E-state index contributed by atoms with van der Waals surface area (Å²) >= 11 is 18.3. The lowest BCUT2D eigenvalue weighted by atomic mass is 10.1. The first-order valence-electron chi connectivity index (χ1n) is 10.1. The van der Waals surface area contributed by atoms with E-state index in [1.165, 1.54) is 23.1 Å². The summed E-state index contributed by atoms with van der Waals surface area (Å²) < 4.78 is 14.3. The topological polar surface area (TPSA) is 49.4 Å². The molecule has 4 nitrogen and oxygen atoms in total. The van der Waals surface area contributed by atoms with E-state index in [0.29, 0.717) is 22.0 Å². The second-order valence-corrected chi connectivity index (χ2v) is 8.61. The fourth-order valence-corrected chi connectivity index (χ4v) is 3.70. The number of carbonyl (C=O) groups excluding carboxylic acids is 2. The molecule has 2 aromatic carbocycles. The van der Waals surface area contributed by atoms with E-state index in [0.717, 1.165) is 6.42 Å². The van der Waals surface area contributed by atoms with Gasteiger partial charge in [-0.15, -0.1) is 0 Å². The van der Waals surface area contributed by atoms with Crippen molar-refractivity contribution in [1.82, 2.24) is 10.2 Å². The first kappa shape index (κ1) is 25.4. The lowest BCUT2D eigenvalue weighted by molar-refractivity contribution is -0.141. The minimum absolute atomic E-state index is 0.0375. The Kier molecular flexibility index (Phi) is 9.60. The Morgan fingerprint density at radius 1 is 1.03 bits per heavy atom. The van der Waals surface area contributed by atoms with Crippen molar-refractivity contribution in [2.24, 2.45) is 0 Å². The van der Waals surface area contributed by atoms with Crippen molar-refractivity contribution in [3.63, 3.8) is 0 Å². The normalized spacial score (nSPS) is 12.9. The Hall–Kier alpha value is -1.82. The summed E-state index contributed by atoms with van der Waals surface area (Å²) in [5, 5.41) is 3.83. The summed E-state index contributed by atoms with van der Waals surface area (Å²) in [6, 6.07) is 8.52. The molecule has 31 heavy (non-hydrogen) atoms. The van der Waals surface area contributed by atoms with Gasteiger partial charge in [-0.05, 0) is 49.6 Å². The third kappa shape index (κ3) is 6.83. The van der Waals surface area contributed by atoms with Crippen molar-refractivity contribution in [3.8, 4) is 0 Å². The largest absolute Gasteiger partial charge is 0.352 e. The minimum Gasteiger partial charge on any atom is -0.352 e. The highest BCUT2D eigenvalue weighted by Crippen LogP contribution is 2.25. The molecule has 0 radical (unpaired) electrons. The molecule has 2 amide bonds. The summed E-state index contributed by atoms with van der Waals surface area (Å²) in [4.78, 5) is 27.7. The summed E-state index contributed by atoms with van der Waals surface area (Å²) in [6.07, 6.45) is 0.883. The number of hydrogen-bond acceptors (Lipinski definition) is 2. The van der Waals surface area contributed by atoms with Crippen molar-refractivity contribution in [2.75, 3.05) is 0 Å². The van der Waals surface area contributed by atoms with Gasteiger partial charge in [0.25, 0.3) is 0 Å².